The highest BCUT2D eigenvalue weighted by Gasteiger charge is 2.20. The number of halogens is 1. The Morgan fingerprint density at radius 2 is 1.64 bits per heavy atom. The third-order valence-electron chi connectivity index (χ3n) is 6.28. The summed E-state index contributed by atoms with van der Waals surface area (Å²) in [5.41, 5.74) is -0.695. The van der Waals surface area contributed by atoms with Crippen molar-refractivity contribution in [3.8, 4) is 6.07 Å². The summed E-state index contributed by atoms with van der Waals surface area (Å²) >= 11 is 8.83. The number of nitrogens with one attached hydrogen (secondary N) is 1. The van der Waals surface area contributed by atoms with Crippen molar-refractivity contribution in [2.24, 2.45) is 0 Å². The number of hydrogen-bond donors (Lipinski definition) is 1. The van der Waals surface area contributed by atoms with Gasteiger partial charge in [-0.1, -0.05) is 12.8 Å². The lowest BCUT2D eigenvalue weighted by Gasteiger charge is -2.18. The molecule has 1 aromatic carbocycles. The first-order valence-corrected chi connectivity index (χ1v) is 16.9. The van der Waals surface area contributed by atoms with Gasteiger partial charge >= 0.3 is 12.1 Å². The van der Waals surface area contributed by atoms with E-state index >= 15 is 0 Å². The van der Waals surface area contributed by atoms with Crippen molar-refractivity contribution in [2.45, 2.75) is 52.1 Å². The third kappa shape index (κ3) is 12.3. The van der Waals surface area contributed by atoms with Gasteiger partial charge in [0.25, 0.3) is 0 Å². The van der Waals surface area contributed by atoms with Gasteiger partial charge in [-0.3, -0.25) is 0 Å². The van der Waals surface area contributed by atoms with Gasteiger partial charge < -0.3 is 29.2 Å². The highest BCUT2D eigenvalue weighted by molar-refractivity contribution is 7.23. The minimum absolute atomic E-state index is 0.0253. The van der Waals surface area contributed by atoms with E-state index in [0.717, 1.165) is 68.2 Å². The second kappa shape index (κ2) is 18.2. The van der Waals surface area contributed by atoms with Crippen LogP contribution in [0.3, 0.4) is 0 Å². The number of nitrogens with zero attached hydrogens (tertiary/aromatic N) is 2. The van der Waals surface area contributed by atoms with Crippen LogP contribution in [-0.2, 0) is 23.7 Å². The van der Waals surface area contributed by atoms with Gasteiger partial charge in [-0.2, -0.15) is 5.26 Å². The zero-order valence-electron chi connectivity index (χ0n) is 25.9. The molecule has 0 radical (unpaired) electrons. The van der Waals surface area contributed by atoms with Crippen LogP contribution < -0.4 is 10.2 Å². The number of carbonyl (C=O) groups is 2. The standard InChI is InChI=1S/C32H42ClN3O6S2/c1-32(2,3)42-30(37)25(22-34)18-26-17-23-19-28-24(20-27(23)43-26)21-29(44-28)36(4)11-14-41-31(38)35-10-13-40-16-15-39-12-8-6-5-7-9-33/h17-21H,5-16H2,1-4H3,(H,35,38)/b25-18+. The number of rotatable bonds is 18. The van der Waals surface area contributed by atoms with Crippen LogP contribution in [0.5, 0.6) is 0 Å². The summed E-state index contributed by atoms with van der Waals surface area (Å²) in [6.07, 6.45) is 5.47. The molecule has 0 saturated heterocycles. The first-order chi connectivity index (χ1) is 21.1. The number of likely N-dealkylation sites (N-methyl/N-ethyl adjacent to an activating group) is 1. The van der Waals surface area contributed by atoms with E-state index in [4.69, 9.17) is 30.5 Å². The summed E-state index contributed by atoms with van der Waals surface area (Å²) in [5, 5.41) is 15.4. The summed E-state index contributed by atoms with van der Waals surface area (Å²) in [6.45, 7) is 8.64. The van der Waals surface area contributed by atoms with Crippen LogP contribution in [0.4, 0.5) is 9.80 Å². The van der Waals surface area contributed by atoms with Gasteiger partial charge in [-0.25, -0.2) is 9.59 Å². The molecule has 12 heteroatoms. The Morgan fingerprint density at radius 3 is 2.34 bits per heavy atom. The van der Waals surface area contributed by atoms with E-state index in [9.17, 15) is 14.9 Å². The first-order valence-electron chi connectivity index (χ1n) is 14.7. The Balaban J connectivity index is 1.39. The quantitative estimate of drug-likeness (QED) is 0.0494. The minimum atomic E-state index is -0.670. The summed E-state index contributed by atoms with van der Waals surface area (Å²) in [6, 6.07) is 10.3. The van der Waals surface area contributed by atoms with Gasteiger partial charge in [0, 0.05) is 40.4 Å². The number of ether oxygens (including phenoxy) is 4. The Labute approximate surface area is 272 Å². The number of fused-ring (bicyclic) bond motifs is 2. The van der Waals surface area contributed by atoms with Gasteiger partial charge in [0.15, 0.2) is 0 Å². The second-order valence-electron chi connectivity index (χ2n) is 11.1. The molecule has 0 aliphatic heterocycles. The number of amides is 1. The van der Waals surface area contributed by atoms with E-state index in [0.29, 0.717) is 32.9 Å². The van der Waals surface area contributed by atoms with Gasteiger partial charge in [0.1, 0.15) is 23.9 Å². The Bertz CT molecular complexity index is 1390. The van der Waals surface area contributed by atoms with Crippen molar-refractivity contribution < 1.29 is 28.5 Å². The number of alkyl carbamates (subject to hydrolysis) is 1. The lowest BCUT2D eigenvalue weighted by molar-refractivity contribution is -0.149. The Morgan fingerprint density at radius 1 is 0.955 bits per heavy atom. The van der Waals surface area contributed by atoms with E-state index in [1.807, 2.05) is 19.2 Å². The van der Waals surface area contributed by atoms with E-state index in [1.54, 1.807) is 38.2 Å². The average Bonchev–Trinajstić information content (AvgIpc) is 3.56. The van der Waals surface area contributed by atoms with Crippen molar-refractivity contribution in [3.63, 3.8) is 0 Å². The van der Waals surface area contributed by atoms with Gasteiger partial charge in [0.2, 0.25) is 0 Å². The van der Waals surface area contributed by atoms with E-state index in [-0.39, 0.29) is 12.2 Å². The molecule has 0 aliphatic rings. The molecule has 240 valence electrons. The molecule has 3 rings (SSSR count). The number of alkyl halides is 1. The maximum atomic E-state index is 12.4. The largest absolute Gasteiger partial charge is 0.456 e. The molecule has 0 fully saturated rings. The van der Waals surface area contributed by atoms with E-state index in [2.05, 4.69) is 28.4 Å². The number of thiophene rings is 2. The SMILES string of the molecule is CN(CCOC(=O)NCCOCCOCCCCCCCl)c1cc2cc3sc(/C=C(\C#N)C(=O)OC(C)(C)C)cc3cc2s1. The van der Waals surface area contributed by atoms with Crippen LogP contribution in [0.2, 0.25) is 0 Å². The molecular formula is C32H42ClN3O6S2. The molecule has 0 atom stereocenters. The molecule has 3 aromatic rings. The lowest BCUT2D eigenvalue weighted by Crippen LogP contribution is -2.31. The number of carbonyl (C=O) groups excluding carboxylic acids is 2. The number of benzene rings is 1. The van der Waals surface area contributed by atoms with Crippen molar-refractivity contribution in [1.29, 1.82) is 5.26 Å². The van der Waals surface area contributed by atoms with Gasteiger partial charge in [-0.05, 0) is 74.7 Å². The molecule has 1 N–H and O–H groups in total. The molecule has 2 heterocycles. The molecule has 44 heavy (non-hydrogen) atoms. The molecule has 0 aliphatic carbocycles. The predicted octanol–water partition coefficient (Wildman–Crippen LogP) is 7.36. The second-order valence-corrected chi connectivity index (χ2v) is 13.7. The molecule has 0 bridgehead atoms. The number of nitriles is 1. The van der Waals surface area contributed by atoms with Crippen molar-refractivity contribution in [3.05, 3.63) is 34.7 Å². The highest BCUT2D eigenvalue weighted by Crippen LogP contribution is 2.37. The summed E-state index contributed by atoms with van der Waals surface area (Å²) < 4.78 is 23.9. The molecule has 1 amide bonds. The van der Waals surface area contributed by atoms with Crippen molar-refractivity contribution in [1.82, 2.24) is 5.32 Å². The van der Waals surface area contributed by atoms with Crippen molar-refractivity contribution >= 4 is 77.6 Å². The first kappa shape index (κ1) is 35.6. The average molecular weight is 664 g/mol. The van der Waals surface area contributed by atoms with E-state index in [1.165, 1.54) is 11.3 Å². The van der Waals surface area contributed by atoms with Crippen LogP contribution in [0.25, 0.3) is 26.2 Å². The fourth-order valence-corrected chi connectivity index (χ4v) is 6.39. The zero-order chi connectivity index (χ0) is 32.0. The predicted molar refractivity (Wildman–Crippen MR) is 180 cm³/mol. The number of unbranched alkanes of at least 4 members (excludes halogenated alkanes) is 3. The molecule has 9 nitrogen and oxygen atoms in total. The van der Waals surface area contributed by atoms with Crippen LogP contribution in [0.1, 0.15) is 51.3 Å². The van der Waals surface area contributed by atoms with E-state index < -0.39 is 17.7 Å². The molecule has 0 unspecified atom stereocenters. The van der Waals surface area contributed by atoms with Crippen LogP contribution in [-0.4, -0.2) is 76.7 Å². The molecule has 0 spiro atoms. The lowest BCUT2D eigenvalue weighted by atomic mass is 10.1. The van der Waals surface area contributed by atoms with Crippen LogP contribution >= 0.6 is 34.3 Å². The topological polar surface area (TPSA) is 110 Å². The van der Waals surface area contributed by atoms with Crippen LogP contribution in [0.15, 0.2) is 29.8 Å². The zero-order valence-corrected chi connectivity index (χ0v) is 28.3. The fourth-order valence-electron chi connectivity index (χ4n) is 4.09. The monoisotopic (exact) mass is 663 g/mol. The summed E-state index contributed by atoms with van der Waals surface area (Å²) in [4.78, 5) is 27.2. The van der Waals surface area contributed by atoms with Crippen LogP contribution in [0, 0.1) is 11.3 Å². The smallest absolute Gasteiger partial charge is 0.407 e. The normalized spacial score (nSPS) is 12.0. The highest BCUT2D eigenvalue weighted by atomic mass is 35.5. The summed E-state index contributed by atoms with van der Waals surface area (Å²) in [7, 11) is 1.97. The fraction of sp³-hybridized carbons (Fsp3) is 0.531. The maximum Gasteiger partial charge on any atom is 0.407 e. The molecular weight excluding hydrogens is 622 g/mol. The maximum absolute atomic E-state index is 12.4. The number of hydrogen-bond acceptors (Lipinski definition) is 10. The number of esters is 1. The third-order valence-corrected chi connectivity index (χ3v) is 8.81. The minimum Gasteiger partial charge on any atom is -0.456 e. The van der Waals surface area contributed by atoms with Gasteiger partial charge in [0.05, 0.1) is 31.4 Å². The summed E-state index contributed by atoms with van der Waals surface area (Å²) in [5.74, 6) is 0.0915. The number of anilines is 1. The Hall–Kier alpha value is -2.88. The van der Waals surface area contributed by atoms with Gasteiger partial charge in [-0.15, -0.1) is 34.3 Å². The molecule has 0 saturated carbocycles. The molecule has 2 aromatic heterocycles. The Kier molecular flexibility index (Phi) is 14.7. The van der Waals surface area contributed by atoms with Crippen molar-refractivity contribution in [2.75, 3.05) is 64.0 Å².